The zero-order valence-electron chi connectivity index (χ0n) is 10.5. The quantitative estimate of drug-likeness (QED) is 0.660. The van der Waals surface area contributed by atoms with Crippen molar-refractivity contribution in [2.45, 2.75) is 12.8 Å². The highest BCUT2D eigenvalue weighted by atomic mass is 16.6. The average molecular weight is 261 g/mol. The van der Waals surface area contributed by atoms with Gasteiger partial charge >= 0.3 is 5.69 Å². The Kier molecular flexibility index (Phi) is 4.31. The molecule has 2 rings (SSSR count). The Morgan fingerprint density at radius 1 is 1.58 bits per heavy atom. The molecule has 0 radical (unpaired) electrons. The van der Waals surface area contributed by atoms with Gasteiger partial charge in [-0.15, -0.1) is 0 Å². The number of benzene rings is 1. The van der Waals surface area contributed by atoms with Gasteiger partial charge in [0.2, 0.25) is 5.75 Å². The van der Waals surface area contributed by atoms with Crippen molar-refractivity contribution in [2.75, 3.05) is 19.7 Å². The molecule has 0 spiro atoms. The van der Waals surface area contributed by atoms with Crippen molar-refractivity contribution in [3.8, 4) is 11.8 Å². The number of ether oxygens (including phenoxy) is 1. The lowest BCUT2D eigenvalue weighted by Crippen LogP contribution is -2.33. The summed E-state index contributed by atoms with van der Waals surface area (Å²) in [6.07, 6.45) is 2.12. The van der Waals surface area contributed by atoms with E-state index in [9.17, 15) is 10.1 Å². The van der Waals surface area contributed by atoms with Crippen molar-refractivity contribution in [1.29, 1.82) is 5.26 Å². The molecule has 1 aromatic rings. The van der Waals surface area contributed by atoms with Crippen LogP contribution in [0.3, 0.4) is 0 Å². The number of hydrogen-bond donors (Lipinski definition) is 1. The van der Waals surface area contributed by atoms with Gasteiger partial charge in [0, 0.05) is 18.5 Å². The largest absolute Gasteiger partial charge is 0.486 e. The minimum absolute atomic E-state index is 0.0839. The van der Waals surface area contributed by atoms with E-state index in [1.165, 1.54) is 18.2 Å². The van der Waals surface area contributed by atoms with E-state index < -0.39 is 4.92 Å². The van der Waals surface area contributed by atoms with Gasteiger partial charge in [-0.25, -0.2) is 0 Å². The normalized spacial score (nSPS) is 18.6. The molecule has 100 valence electrons. The molecule has 0 amide bonds. The van der Waals surface area contributed by atoms with Crippen molar-refractivity contribution in [3.05, 3.63) is 33.9 Å². The van der Waals surface area contributed by atoms with Crippen LogP contribution >= 0.6 is 0 Å². The van der Waals surface area contributed by atoms with Gasteiger partial charge in [-0.3, -0.25) is 10.1 Å². The van der Waals surface area contributed by atoms with Crippen LogP contribution in [0, 0.1) is 27.4 Å². The first-order valence-electron chi connectivity index (χ1n) is 6.23. The maximum atomic E-state index is 10.9. The zero-order chi connectivity index (χ0) is 13.7. The summed E-state index contributed by atoms with van der Waals surface area (Å²) in [5.41, 5.74) is 0.0563. The van der Waals surface area contributed by atoms with E-state index in [2.05, 4.69) is 5.32 Å². The Hall–Kier alpha value is -2.13. The Balaban J connectivity index is 2.13. The van der Waals surface area contributed by atoms with Gasteiger partial charge in [-0.1, -0.05) is 6.07 Å². The summed E-state index contributed by atoms with van der Waals surface area (Å²) in [5.74, 6) is 0.417. The highest BCUT2D eigenvalue weighted by Crippen LogP contribution is 2.31. The highest BCUT2D eigenvalue weighted by molar-refractivity contribution is 5.56. The average Bonchev–Trinajstić information content (AvgIpc) is 2.45. The number of nitriles is 1. The molecule has 6 nitrogen and oxygen atoms in total. The van der Waals surface area contributed by atoms with Gasteiger partial charge in [0.1, 0.15) is 11.6 Å². The Bertz CT molecular complexity index is 504. The molecule has 0 saturated carbocycles. The second kappa shape index (κ2) is 6.16. The second-order valence-corrected chi connectivity index (χ2v) is 4.55. The molecule has 1 fully saturated rings. The smallest absolute Gasteiger partial charge is 0.312 e. The summed E-state index contributed by atoms with van der Waals surface area (Å²) in [5, 5.41) is 23.2. The van der Waals surface area contributed by atoms with Crippen LogP contribution < -0.4 is 10.1 Å². The first kappa shape index (κ1) is 13.3. The maximum absolute atomic E-state index is 10.9. The lowest BCUT2D eigenvalue weighted by Gasteiger charge is -2.22. The monoisotopic (exact) mass is 261 g/mol. The summed E-state index contributed by atoms with van der Waals surface area (Å²) in [6.45, 7) is 2.25. The van der Waals surface area contributed by atoms with Crippen molar-refractivity contribution >= 4 is 5.69 Å². The molecule has 1 aliphatic rings. The SMILES string of the molecule is N#Cc1cccc([N+](=O)[O-])c1OCC1CCCNC1. The van der Waals surface area contributed by atoms with E-state index >= 15 is 0 Å². The lowest BCUT2D eigenvalue weighted by molar-refractivity contribution is -0.385. The summed E-state index contributed by atoms with van der Waals surface area (Å²) in [7, 11) is 0. The van der Waals surface area contributed by atoms with Gasteiger partial charge in [-0.2, -0.15) is 5.26 Å². The third kappa shape index (κ3) is 3.20. The maximum Gasteiger partial charge on any atom is 0.312 e. The van der Waals surface area contributed by atoms with E-state index in [0.717, 1.165) is 25.9 Å². The molecule has 1 aliphatic heterocycles. The number of nitrogens with zero attached hydrogens (tertiary/aromatic N) is 2. The minimum atomic E-state index is -0.519. The summed E-state index contributed by atoms with van der Waals surface area (Å²) in [6, 6.07) is 6.31. The standard InChI is InChI=1S/C13H15N3O3/c14-7-11-4-1-5-12(16(17)18)13(11)19-9-10-3-2-6-15-8-10/h1,4-5,10,15H,2-3,6,8-9H2. The Morgan fingerprint density at radius 3 is 3.05 bits per heavy atom. The fourth-order valence-electron chi connectivity index (χ4n) is 2.18. The van der Waals surface area contributed by atoms with E-state index in [4.69, 9.17) is 10.00 Å². The predicted molar refractivity (Wildman–Crippen MR) is 68.9 cm³/mol. The highest BCUT2D eigenvalue weighted by Gasteiger charge is 2.21. The number of hydrogen-bond acceptors (Lipinski definition) is 5. The first-order chi connectivity index (χ1) is 9.22. The number of piperidine rings is 1. The molecule has 1 aromatic carbocycles. The van der Waals surface area contributed by atoms with Crippen LogP contribution in [-0.4, -0.2) is 24.6 Å². The molecule has 0 aliphatic carbocycles. The van der Waals surface area contributed by atoms with E-state index in [1.807, 2.05) is 6.07 Å². The first-order valence-corrected chi connectivity index (χ1v) is 6.23. The zero-order valence-corrected chi connectivity index (χ0v) is 10.5. The molecular weight excluding hydrogens is 246 g/mol. The molecular formula is C13H15N3O3. The summed E-state index contributed by atoms with van der Waals surface area (Å²) < 4.78 is 5.56. The van der Waals surface area contributed by atoms with Gasteiger partial charge in [0.15, 0.2) is 0 Å². The van der Waals surface area contributed by atoms with Gasteiger partial charge in [0.05, 0.1) is 11.5 Å². The third-order valence-corrected chi connectivity index (χ3v) is 3.17. The van der Waals surface area contributed by atoms with Crippen molar-refractivity contribution in [3.63, 3.8) is 0 Å². The van der Waals surface area contributed by atoms with Gasteiger partial charge in [-0.05, 0) is 25.5 Å². The van der Waals surface area contributed by atoms with Crippen molar-refractivity contribution < 1.29 is 9.66 Å². The van der Waals surface area contributed by atoms with Crippen LogP contribution in [0.15, 0.2) is 18.2 Å². The number of nitro groups is 1. The molecule has 1 N–H and O–H groups in total. The topological polar surface area (TPSA) is 88.2 Å². The number of rotatable bonds is 4. The van der Waals surface area contributed by atoms with Crippen LogP contribution in [-0.2, 0) is 0 Å². The molecule has 19 heavy (non-hydrogen) atoms. The van der Waals surface area contributed by atoms with Crippen LogP contribution in [0.4, 0.5) is 5.69 Å². The number of nitro benzene ring substituents is 1. The molecule has 1 atom stereocenters. The van der Waals surface area contributed by atoms with E-state index in [1.54, 1.807) is 0 Å². The van der Waals surface area contributed by atoms with Crippen molar-refractivity contribution in [2.24, 2.45) is 5.92 Å². The Labute approximate surface area is 111 Å². The van der Waals surface area contributed by atoms with Crippen LogP contribution in [0.1, 0.15) is 18.4 Å². The summed E-state index contributed by atoms with van der Waals surface area (Å²) in [4.78, 5) is 10.4. The van der Waals surface area contributed by atoms with Crippen LogP contribution in [0.25, 0.3) is 0 Å². The lowest BCUT2D eigenvalue weighted by atomic mass is 10.0. The fourth-order valence-corrected chi connectivity index (χ4v) is 2.18. The van der Waals surface area contributed by atoms with Crippen LogP contribution in [0.2, 0.25) is 0 Å². The van der Waals surface area contributed by atoms with Crippen LogP contribution in [0.5, 0.6) is 5.75 Å². The molecule has 0 aromatic heterocycles. The van der Waals surface area contributed by atoms with Crippen molar-refractivity contribution in [1.82, 2.24) is 5.32 Å². The third-order valence-electron chi connectivity index (χ3n) is 3.17. The van der Waals surface area contributed by atoms with Gasteiger partial charge in [0.25, 0.3) is 0 Å². The predicted octanol–water partition coefficient (Wildman–Crippen LogP) is 1.84. The Morgan fingerprint density at radius 2 is 2.42 bits per heavy atom. The van der Waals surface area contributed by atoms with Gasteiger partial charge < -0.3 is 10.1 Å². The molecule has 6 heteroatoms. The van der Waals surface area contributed by atoms with E-state index in [-0.39, 0.29) is 17.0 Å². The molecule has 1 heterocycles. The number of para-hydroxylation sites is 1. The summed E-state index contributed by atoms with van der Waals surface area (Å²) >= 11 is 0. The molecule has 1 saturated heterocycles. The molecule has 1 unspecified atom stereocenters. The minimum Gasteiger partial charge on any atom is -0.486 e. The molecule has 0 bridgehead atoms. The second-order valence-electron chi connectivity index (χ2n) is 4.55. The van der Waals surface area contributed by atoms with E-state index in [0.29, 0.717) is 12.5 Å². The number of nitrogens with one attached hydrogen (secondary N) is 1. The fraction of sp³-hybridized carbons (Fsp3) is 0.462.